The minimum absolute atomic E-state index is 0. The Balaban J connectivity index is 0. The van der Waals surface area contributed by atoms with Gasteiger partial charge in [0.15, 0.2) is 0 Å². The van der Waals surface area contributed by atoms with Crippen LogP contribution in [0.4, 0.5) is 0 Å². The Morgan fingerprint density at radius 2 is 1.59 bits per heavy atom. The minimum atomic E-state index is -0.677. The molecule has 0 saturated carbocycles. The van der Waals surface area contributed by atoms with E-state index in [9.17, 15) is 4.79 Å². The van der Waals surface area contributed by atoms with Gasteiger partial charge in [0.05, 0.1) is 25.2 Å². The topological polar surface area (TPSA) is 37.3 Å². The summed E-state index contributed by atoms with van der Waals surface area (Å²) in [6.45, 7) is 13.5. The Hall–Kier alpha value is -0.280. The summed E-state index contributed by atoms with van der Waals surface area (Å²) in [6.07, 6.45) is 2.12. The summed E-state index contributed by atoms with van der Waals surface area (Å²) >= 11 is 0. The van der Waals surface area contributed by atoms with Crippen LogP contribution in [0.5, 0.6) is 0 Å². The molecule has 0 spiro atoms. The summed E-state index contributed by atoms with van der Waals surface area (Å²) in [5, 5.41) is 8.61. The van der Waals surface area contributed by atoms with Crippen molar-refractivity contribution in [2.24, 2.45) is 0 Å². The summed E-state index contributed by atoms with van der Waals surface area (Å²) in [7, 11) is 0. The highest BCUT2D eigenvalue weighted by molar-refractivity contribution is 5.66. The zero-order valence-corrected chi connectivity index (χ0v) is 12.6. The van der Waals surface area contributed by atoms with Gasteiger partial charge < -0.3 is 22.0 Å². The lowest BCUT2D eigenvalue weighted by molar-refractivity contribution is -0.965. The molecule has 0 amide bonds. The lowest BCUT2D eigenvalue weighted by Gasteiger charge is -2.45. The maximum absolute atomic E-state index is 10.5. The number of hydrogen-bond acceptors (Lipinski definition) is 1. The van der Waals surface area contributed by atoms with Gasteiger partial charge in [0.25, 0.3) is 0 Å². The summed E-state index contributed by atoms with van der Waals surface area (Å²) < 4.78 is 1.10. The molecule has 0 radical (unpaired) electrons. The number of carboxylic acids is 1. The Bertz CT molecular complexity index is 209. The molecule has 0 saturated heterocycles. The van der Waals surface area contributed by atoms with Crippen LogP contribution in [-0.4, -0.2) is 40.7 Å². The Kier molecular flexibility index (Phi) is 9.82. The predicted octanol–water partition coefficient (Wildman–Crippen LogP) is -0.101. The van der Waals surface area contributed by atoms with E-state index in [0.717, 1.165) is 30.4 Å². The van der Waals surface area contributed by atoms with Crippen LogP contribution in [0.25, 0.3) is 0 Å². The molecule has 0 aromatic carbocycles. The van der Waals surface area contributed by atoms with Gasteiger partial charge in [-0.3, -0.25) is 4.79 Å². The third-order valence-electron chi connectivity index (χ3n) is 3.86. The van der Waals surface area contributed by atoms with Crippen LogP contribution < -0.4 is 12.4 Å². The van der Waals surface area contributed by atoms with Crippen molar-refractivity contribution in [1.82, 2.24) is 0 Å². The van der Waals surface area contributed by atoms with E-state index >= 15 is 0 Å². The second-order valence-corrected chi connectivity index (χ2v) is 5.18. The van der Waals surface area contributed by atoms with Crippen LogP contribution in [0.1, 0.15) is 53.9 Å². The molecule has 0 fully saturated rings. The first-order valence-corrected chi connectivity index (χ1v) is 6.45. The summed E-state index contributed by atoms with van der Waals surface area (Å²) in [4.78, 5) is 10.5. The SMILES string of the molecule is CC[N+](CCCCC(=O)O)(C(C)C)C(C)C.[Cl-]. The zero-order valence-electron chi connectivity index (χ0n) is 11.9. The van der Waals surface area contributed by atoms with Crippen molar-refractivity contribution < 1.29 is 26.8 Å². The molecule has 3 nitrogen and oxygen atoms in total. The molecule has 4 heteroatoms. The number of hydrogen-bond donors (Lipinski definition) is 1. The Morgan fingerprint density at radius 1 is 1.12 bits per heavy atom. The van der Waals surface area contributed by atoms with Crippen molar-refractivity contribution in [3.05, 3.63) is 0 Å². The van der Waals surface area contributed by atoms with Gasteiger partial charge in [-0.2, -0.15) is 0 Å². The molecule has 0 aromatic rings. The van der Waals surface area contributed by atoms with Gasteiger partial charge in [0.1, 0.15) is 0 Å². The van der Waals surface area contributed by atoms with Gasteiger partial charge >= 0.3 is 5.97 Å². The van der Waals surface area contributed by atoms with Crippen molar-refractivity contribution in [3.63, 3.8) is 0 Å². The van der Waals surface area contributed by atoms with Crippen molar-refractivity contribution in [3.8, 4) is 0 Å². The van der Waals surface area contributed by atoms with Crippen LogP contribution in [-0.2, 0) is 4.79 Å². The van der Waals surface area contributed by atoms with E-state index in [1.54, 1.807) is 0 Å². The van der Waals surface area contributed by atoms with E-state index in [1.807, 2.05) is 0 Å². The molecule has 0 bridgehead atoms. The first kappa shape index (κ1) is 19.1. The van der Waals surface area contributed by atoms with Crippen molar-refractivity contribution in [1.29, 1.82) is 0 Å². The summed E-state index contributed by atoms with van der Waals surface area (Å²) in [5.41, 5.74) is 0. The standard InChI is InChI=1S/C13H27NO2.ClH/c1-6-14(11(2)3,12(4)5)10-8-7-9-13(15)16;/h11-12H,6-10H2,1-5H3;1H. The molecule has 0 aliphatic rings. The third-order valence-corrected chi connectivity index (χ3v) is 3.86. The molecule has 0 heterocycles. The van der Waals surface area contributed by atoms with Crippen molar-refractivity contribution in [2.45, 2.75) is 66.0 Å². The molecule has 0 atom stereocenters. The molecule has 17 heavy (non-hydrogen) atoms. The van der Waals surface area contributed by atoms with E-state index < -0.39 is 5.97 Å². The van der Waals surface area contributed by atoms with E-state index in [1.165, 1.54) is 0 Å². The molecule has 104 valence electrons. The fourth-order valence-electron chi connectivity index (χ4n) is 2.68. The van der Waals surface area contributed by atoms with Crippen molar-refractivity contribution >= 4 is 5.97 Å². The number of carboxylic acid groups (broad SMARTS) is 1. The van der Waals surface area contributed by atoms with Gasteiger partial charge in [-0.15, -0.1) is 0 Å². The molecular weight excluding hydrogens is 238 g/mol. The Labute approximate surface area is 112 Å². The highest BCUT2D eigenvalue weighted by atomic mass is 35.5. The third kappa shape index (κ3) is 5.73. The highest BCUT2D eigenvalue weighted by Crippen LogP contribution is 2.20. The maximum Gasteiger partial charge on any atom is 0.303 e. The summed E-state index contributed by atoms with van der Waals surface area (Å²) in [5.74, 6) is -0.677. The van der Waals surface area contributed by atoms with Gasteiger partial charge in [0.2, 0.25) is 0 Å². The molecule has 0 aliphatic carbocycles. The summed E-state index contributed by atoms with van der Waals surface area (Å²) in [6, 6.07) is 1.21. The first-order chi connectivity index (χ1) is 7.36. The second-order valence-electron chi connectivity index (χ2n) is 5.18. The molecule has 0 unspecified atom stereocenters. The van der Waals surface area contributed by atoms with Crippen LogP contribution >= 0.6 is 0 Å². The van der Waals surface area contributed by atoms with Gasteiger partial charge in [0, 0.05) is 6.42 Å². The molecule has 1 N–H and O–H groups in total. The first-order valence-electron chi connectivity index (χ1n) is 6.45. The van der Waals surface area contributed by atoms with E-state index in [-0.39, 0.29) is 12.4 Å². The average molecular weight is 266 g/mol. The van der Waals surface area contributed by atoms with Crippen LogP contribution in [0.15, 0.2) is 0 Å². The number of rotatable bonds is 8. The molecule has 0 aromatic heterocycles. The molecular formula is C13H28ClNO2. The highest BCUT2D eigenvalue weighted by Gasteiger charge is 2.32. The number of unbranched alkanes of at least 4 members (excludes halogenated alkanes) is 1. The normalized spacial score (nSPS) is 11.7. The Morgan fingerprint density at radius 3 is 1.88 bits per heavy atom. The van der Waals surface area contributed by atoms with Gasteiger partial charge in [-0.1, -0.05) is 0 Å². The molecule has 0 aliphatic heterocycles. The quantitative estimate of drug-likeness (QED) is 0.492. The lowest BCUT2D eigenvalue weighted by Crippen LogP contribution is -3.00. The van der Waals surface area contributed by atoms with Crippen LogP contribution in [0, 0.1) is 0 Å². The number of nitrogens with zero attached hydrogens (tertiary/aromatic N) is 1. The maximum atomic E-state index is 10.5. The van der Waals surface area contributed by atoms with E-state index in [4.69, 9.17) is 5.11 Å². The fourth-order valence-corrected chi connectivity index (χ4v) is 2.68. The van der Waals surface area contributed by atoms with Gasteiger partial charge in [-0.05, 0) is 47.5 Å². The largest absolute Gasteiger partial charge is 1.00 e. The monoisotopic (exact) mass is 265 g/mol. The minimum Gasteiger partial charge on any atom is -1.00 e. The van der Waals surface area contributed by atoms with Crippen LogP contribution in [0.3, 0.4) is 0 Å². The molecule has 0 rings (SSSR count). The number of carbonyl (C=O) groups is 1. The number of halogens is 1. The van der Waals surface area contributed by atoms with Crippen LogP contribution in [0.2, 0.25) is 0 Å². The smallest absolute Gasteiger partial charge is 0.303 e. The number of aliphatic carboxylic acids is 1. The number of quaternary nitrogens is 1. The zero-order chi connectivity index (χ0) is 12.8. The van der Waals surface area contributed by atoms with Gasteiger partial charge in [-0.25, -0.2) is 0 Å². The fraction of sp³-hybridized carbons (Fsp3) is 0.923. The van der Waals surface area contributed by atoms with E-state index in [2.05, 4.69) is 34.6 Å². The van der Waals surface area contributed by atoms with E-state index in [0.29, 0.717) is 18.5 Å². The lowest BCUT2D eigenvalue weighted by atomic mass is 10.1. The predicted molar refractivity (Wildman–Crippen MR) is 67.4 cm³/mol. The average Bonchev–Trinajstić information content (AvgIpc) is 2.16. The second kappa shape index (κ2) is 8.76. The van der Waals surface area contributed by atoms with Crippen molar-refractivity contribution in [2.75, 3.05) is 13.1 Å².